The number of nitrogens with zero attached hydrogens (tertiary/aromatic N) is 1. The maximum atomic E-state index is 12.2. The highest BCUT2D eigenvalue weighted by atomic mass is 79.9. The molecule has 1 aliphatic heterocycles. The maximum Gasteiger partial charge on any atom is 0.344 e. The number of thioether (sulfide) groups is 1. The summed E-state index contributed by atoms with van der Waals surface area (Å²) in [4.78, 5) is 27.9. The van der Waals surface area contributed by atoms with Crippen LogP contribution in [0.1, 0.15) is 12.5 Å². The van der Waals surface area contributed by atoms with Gasteiger partial charge in [-0.15, -0.1) is 0 Å². The average molecular weight is 482 g/mol. The number of ether oxygens (including phenoxy) is 1. The van der Waals surface area contributed by atoms with Crippen LogP contribution in [0.4, 0.5) is 5.69 Å². The molecular weight excluding hydrogens is 468 g/mol. The van der Waals surface area contributed by atoms with Gasteiger partial charge in [0.15, 0.2) is 11.3 Å². The molecule has 0 aromatic heterocycles. The molecule has 2 aromatic rings. The van der Waals surface area contributed by atoms with Gasteiger partial charge < -0.3 is 15.2 Å². The molecule has 1 atom stereocenters. The first-order valence-corrected chi connectivity index (χ1v) is 10.0. The number of amides is 1. The molecule has 0 aliphatic carbocycles. The molecule has 0 radical (unpaired) electrons. The summed E-state index contributed by atoms with van der Waals surface area (Å²) in [7, 11) is 0. The van der Waals surface area contributed by atoms with E-state index in [1.165, 1.54) is 18.7 Å². The van der Waals surface area contributed by atoms with E-state index < -0.39 is 12.1 Å². The van der Waals surface area contributed by atoms with Gasteiger partial charge in [-0.05, 0) is 76.6 Å². The Morgan fingerprint density at radius 2 is 2.04 bits per heavy atom. The van der Waals surface area contributed by atoms with E-state index in [4.69, 9.17) is 21.4 Å². The molecule has 144 valence electrons. The number of carboxylic acids is 1. The third kappa shape index (κ3) is 5.15. The lowest BCUT2D eigenvalue weighted by molar-refractivity contribution is -0.144. The van der Waals surface area contributed by atoms with Crippen LogP contribution in [0.15, 0.2) is 56.8 Å². The van der Waals surface area contributed by atoms with E-state index in [0.29, 0.717) is 26.5 Å². The highest BCUT2D eigenvalue weighted by molar-refractivity contribution is 9.10. The zero-order valence-corrected chi connectivity index (χ0v) is 17.6. The zero-order chi connectivity index (χ0) is 20.3. The molecule has 1 saturated heterocycles. The van der Waals surface area contributed by atoms with Crippen LogP contribution in [0, 0.1) is 0 Å². The van der Waals surface area contributed by atoms with Gasteiger partial charge in [0, 0.05) is 4.47 Å². The molecule has 3 rings (SSSR count). The maximum absolute atomic E-state index is 12.2. The number of amidine groups is 1. The van der Waals surface area contributed by atoms with Gasteiger partial charge in [0.1, 0.15) is 5.75 Å². The van der Waals surface area contributed by atoms with Crippen molar-refractivity contribution in [2.45, 2.75) is 13.0 Å². The Morgan fingerprint density at radius 3 is 2.68 bits per heavy atom. The van der Waals surface area contributed by atoms with Gasteiger partial charge in [-0.25, -0.2) is 9.79 Å². The van der Waals surface area contributed by atoms with E-state index in [0.717, 1.165) is 10.0 Å². The van der Waals surface area contributed by atoms with E-state index in [1.807, 2.05) is 0 Å². The lowest BCUT2D eigenvalue weighted by atomic mass is 10.2. The summed E-state index contributed by atoms with van der Waals surface area (Å²) in [6.07, 6.45) is 0.785. The first kappa shape index (κ1) is 20.4. The Balaban J connectivity index is 1.72. The summed E-state index contributed by atoms with van der Waals surface area (Å²) in [5, 5.41) is 12.6. The summed E-state index contributed by atoms with van der Waals surface area (Å²) in [5.74, 6) is -0.842. The number of benzene rings is 2. The van der Waals surface area contributed by atoms with Crippen molar-refractivity contribution in [3.05, 3.63) is 62.4 Å². The molecule has 9 heteroatoms. The number of aliphatic imine (C=N–C) groups is 1. The number of nitrogens with one attached hydrogen (secondary N) is 1. The smallest absolute Gasteiger partial charge is 0.344 e. The van der Waals surface area contributed by atoms with Crippen molar-refractivity contribution in [2.75, 3.05) is 0 Å². The molecule has 2 N–H and O–H groups in total. The Bertz CT molecular complexity index is 992. The number of carboxylic acid groups (broad SMARTS) is 1. The second kappa shape index (κ2) is 8.81. The minimum absolute atomic E-state index is 0.244. The van der Waals surface area contributed by atoms with Crippen molar-refractivity contribution in [2.24, 2.45) is 4.99 Å². The number of carbonyl (C=O) groups excluding carboxylic acids is 1. The fourth-order valence-electron chi connectivity index (χ4n) is 2.20. The first-order valence-electron chi connectivity index (χ1n) is 8.06. The van der Waals surface area contributed by atoms with Crippen LogP contribution < -0.4 is 10.1 Å². The lowest BCUT2D eigenvalue weighted by Gasteiger charge is -2.10. The van der Waals surface area contributed by atoms with Gasteiger partial charge in [-0.3, -0.25) is 4.79 Å². The van der Waals surface area contributed by atoms with Gasteiger partial charge >= 0.3 is 5.97 Å². The van der Waals surface area contributed by atoms with E-state index in [-0.39, 0.29) is 5.91 Å². The van der Waals surface area contributed by atoms with Crippen LogP contribution in [0.25, 0.3) is 6.08 Å². The monoisotopic (exact) mass is 480 g/mol. The fraction of sp³-hybridized carbons (Fsp3) is 0.105. The second-order valence-electron chi connectivity index (χ2n) is 5.75. The minimum Gasteiger partial charge on any atom is -0.479 e. The summed E-state index contributed by atoms with van der Waals surface area (Å²) in [6.45, 7) is 1.46. The van der Waals surface area contributed by atoms with Crippen LogP contribution in [-0.2, 0) is 9.59 Å². The summed E-state index contributed by atoms with van der Waals surface area (Å²) in [6, 6.07) is 12.1. The highest BCUT2D eigenvalue weighted by Gasteiger charge is 2.24. The summed E-state index contributed by atoms with van der Waals surface area (Å²) < 4.78 is 6.06. The van der Waals surface area contributed by atoms with Gasteiger partial charge in [0.2, 0.25) is 0 Å². The van der Waals surface area contributed by atoms with Crippen molar-refractivity contribution >= 4 is 68.1 Å². The molecule has 0 spiro atoms. The second-order valence-corrected chi connectivity index (χ2v) is 8.04. The summed E-state index contributed by atoms with van der Waals surface area (Å²) in [5.41, 5.74) is 1.41. The number of halogens is 2. The standard InChI is InChI=1S/C19H14BrClN2O4S/c1-10(18(25)26)27-13-5-2-11(3-6-13)8-16-17(24)23-19(28-16)22-12-4-7-14(20)15(21)9-12/h2-10H,1H3,(H,25,26)(H,22,23,24)/b16-8-/t10-/m0/s1. The van der Waals surface area contributed by atoms with Gasteiger partial charge in [-0.2, -0.15) is 0 Å². The molecule has 1 fully saturated rings. The highest BCUT2D eigenvalue weighted by Crippen LogP contribution is 2.31. The van der Waals surface area contributed by atoms with Crippen LogP contribution in [-0.4, -0.2) is 28.3 Å². The third-order valence-electron chi connectivity index (χ3n) is 3.62. The van der Waals surface area contributed by atoms with E-state index in [2.05, 4.69) is 26.2 Å². The Labute approximate surface area is 178 Å². The predicted molar refractivity (Wildman–Crippen MR) is 114 cm³/mol. The Kier molecular flexibility index (Phi) is 6.43. The number of carbonyl (C=O) groups is 2. The predicted octanol–water partition coefficient (Wildman–Crippen LogP) is 4.85. The van der Waals surface area contributed by atoms with Gasteiger partial charge in [0.05, 0.1) is 15.6 Å². The van der Waals surface area contributed by atoms with Crippen molar-refractivity contribution < 1.29 is 19.4 Å². The fourth-order valence-corrected chi connectivity index (χ4v) is 3.46. The molecule has 1 amide bonds. The molecule has 0 bridgehead atoms. The molecule has 1 heterocycles. The van der Waals surface area contributed by atoms with E-state index in [9.17, 15) is 9.59 Å². The molecule has 0 unspecified atom stereocenters. The Morgan fingerprint density at radius 1 is 1.32 bits per heavy atom. The quantitative estimate of drug-likeness (QED) is 0.596. The number of hydrogen-bond donors (Lipinski definition) is 2. The van der Waals surface area contributed by atoms with Crippen LogP contribution in [0.2, 0.25) is 5.02 Å². The topological polar surface area (TPSA) is 88.0 Å². The van der Waals surface area contributed by atoms with Crippen molar-refractivity contribution in [1.82, 2.24) is 5.32 Å². The average Bonchev–Trinajstić information content (AvgIpc) is 2.98. The normalized spacial score (nSPS) is 17.6. The number of hydrogen-bond acceptors (Lipinski definition) is 5. The summed E-state index contributed by atoms with van der Waals surface area (Å²) >= 11 is 10.6. The number of aliphatic carboxylic acids is 1. The molecular formula is C19H14BrClN2O4S. The molecule has 0 saturated carbocycles. The third-order valence-corrected chi connectivity index (χ3v) is 5.77. The largest absolute Gasteiger partial charge is 0.479 e. The molecule has 2 aromatic carbocycles. The van der Waals surface area contributed by atoms with Gasteiger partial charge in [0.25, 0.3) is 5.91 Å². The van der Waals surface area contributed by atoms with Gasteiger partial charge in [-0.1, -0.05) is 23.7 Å². The van der Waals surface area contributed by atoms with Crippen LogP contribution >= 0.6 is 39.3 Å². The zero-order valence-electron chi connectivity index (χ0n) is 14.5. The van der Waals surface area contributed by atoms with Crippen LogP contribution in [0.3, 0.4) is 0 Å². The van der Waals surface area contributed by atoms with Crippen molar-refractivity contribution in [3.8, 4) is 5.75 Å². The first-order chi connectivity index (χ1) is 13.3. The van der Waals surface area contributed by atoms with E-state index >= 15 is 0 Å². The van der Waals surface area contributed by atoms with Crippen LogP contribution in [0.5, 0.6) is 5.75 Å². The Hall–Kier alpha value is -2.29. The minimum atomic E-state index is -1.04. The molecule has 6 nitrogen and oxygen atoms in total. The molecule has 28 heavy (non-hydrogen) atoms. The van der Waals surface area contributed by atoms with E-state index in [1.54, 1.807) is 48.5 Å². The molecule has 1 aliphatic rings. The lowest BCUT2D eigenvalue weighted by Crippen LogP contribution is -2.22. The SMILES string of the molecule is C[C@H](Oc1ccc(/C=C2\SC(=Nc3ccc(Br)c(Cl)c3)NC2=O)cc1)C(=O)O. The van der Waals surface area contributed by atoms with Crippen molar-refractivity contribution in [3.63, 3.8) is 0 Å². The van der Waals surface area contributed by atoms with Crippen molar-refractivity contribution in [1.29, 1.82) is 0 Å². The number of rotatable bonds is 5.